The molecule has 0 saturated heterocycles. The summed E-state index contributed by atoms with van der Waals surface area (Å²) in [6, 6.07) is 13.5. The highest BCUT2D eigenvalue weighted by Gasteiger charge is 2.38. The molecule has 0 aromatic heterocycles. The van der Waals surface area contributed by atoms with Gasteiger partial charge in [-0.15, -0.1) is 0 Å². The van der Waals surface area contributed by atoms with Gasteiger partial charge in [-0.25, -0.2) is 0 Å². The molecule has 3 heteroatoms. The van der Waals surface area contributed by atoms with E-state index in [2.05, 4.69) is 0 Å². The van der Waals surface area contributed by atoms with Crippen molar-refractivity contribution in [3.63, 3.8) is 0 Å². The Balaban J connectivity index is 2.53. The van der Waals surface area contributed by atoms with E-state index >= 15 is 0 Å². The summed E-state index contributed by atoms with van der Waals surface area (Å²) in [5, 5.41) is 12.5. The Kier molecular flexibility index (Phi) is 3.58. The van der Waals surface area contributed by atoms with Gasteiger partial charge in [-0.1, -0.05) is 42.5 Å². The summed E-state index contributed by atoms with van der Waals surface area (Å²) in [6.45, 7) is 3.37. The van der Waals surface area contributed by atoms with Crippen LogP contribution in [0.1, 0.15) is 25.5 Å². The molecule has 0 spiro atoms. The summed E-state index contributed by atoms with van der Waals surface area (Å²) >= 11 is 0. The topological polar surface area (TPSA) is 46.5 Å². The van der Waals surface area contributed by atoms with E-state index in [-0.39, 0.29) is 0 Å². The number of carbonyl (C=O) groups excluding carboxylic acids is 1. The molecule has 100 valence electrons. The molecule has 3 nitrogen and oxygen atoms in total. The third kappa shape index (κ3) is 2.34. The minimum Gasteiger partial charge on any atom is -0.469 e. The number of hydrogen-bond donors (Lipinski definition) is 1. The van der Waals surface area contributed by atoms with Gasteiger partial charge in [0.05, 0.1) is 18.6 Å². The predicted octanol–water partition coefficient (Wildman–Crippen LogP) is 3.07. The van der Waals surface area contributed by atoms with Gasteiger partial charge in [0.15, 0.2) is 0 Å². The lowest BCUT2D eigenvalue weighted by molar-refractivity contribution is -0.157. The number of carbonyl (C=O) groups is 1. The summed E-state index contributed by atoms with van der Waals surface area (Å²) in [5.41, 5.74) is -0.243. The lowest BCUT2D eigenvalue weighted by atomic mass is 9.81. The molecule has 0 unspecified atom stereocenters. The lowest BCUT2D eigenvalue weighted by Gasteiger charge is -2.28. The number of hydrogen-bond acceptors (Lipinski definition) is 3. The second-order valence-electron chi connectivity index (χ2n) is 5.18. The van der Waals surface area contributed by atoms with E-state index < -0.39 is 17.5 Å². The van der Waals surface area contributed by atoms with Crippen LogP contribution >= 0.6 is 0 Å². The number of methoxy groups -OCH3 is 1. The highest BCUT2D eigenvalue weighted by molar-refractivity contribution is 5.87. The van der Waals surface area contributed by atoms with E-state index in [0.717, 1.165) is 16.3 Å². The van der Waals surface area contributed by atoms with Crippen LogP contribution in [0.2, 0.25) is 0 Å². The Morgan fingerprint density at radius 2 is 1.79 bits per heavy atom. The lowest BCUT2D eigenvalue weighted by Crippen LogP contribution is -2.32. The summed E-state index contributed by atoms with van der Waals surface area (Å²) in [4.78, 5) is 11.8. The number of rotatable bonds is 3. The standard InChI is InChI=1S/C16H18O3/c1-16(2,15(18)19-3)14(17)13-10-6-8-11-7-4-5-9-12(11)13/h4-10,14,17H,1-3H3/t14-/m1/s1. The number of fused-ring (bicyclic) bond motifs is 1. The van der Waals surface area contributed by atoms with Gasteiger partial charge < -0.3 is 9.84 Å². The smallest absolute Gasteiger partial charge is 0.314 e. The van der Waals surface area contributed by atoms with E-state index in [1.54, 1.807) is 13.8 Å². The zero-order valence-corrected chi connectivity index (χ0v) is 11.4. The van der Waals surface area contributed by atoms with E-state index in [4.69, 9.17) is 4.74 Å². The molecule has 0 aliphatic carbocycles. The first kappa shape index (κ1) is 13.6. The number of benzene rings is 2. The first-order chi connectivity index (χ1) is 8.98. The number of aliphatic hydroxyl groups is 1. The maximum Gasteiger partial charge on any atom is 0.314 e. The molecular formula is C16H18O3. The maximum atomic E-state index is 11.8. The van der Waals surface area contributed by atoms with Crippen molar-refractivity contribution in [1.29, 1.82) is 0 Å². The Hall–Kier alpha value is -1.87. The largest absolute Gasteiger partial charge is 0.469 e. The normalized spacial score (nSPS) is 13.3. The Morgan fingerprint density at radius 1 is 1.16 bits per heavy atom. The summed E-state index contributed by atoms with van der Waals surface area (Å²) in [6.07, 6.45) is -0.911. The van der Waals surface area contributed by atoms with Gasteiger partial charge in [-0.05, 0) is 30.2 Å². The van der Waals surface area contributed by atoms with Gasteiger partial charge in [-0.3, -0.25) is 4.79 Å². The van der Waals surface area contributed by atoms with Crippen molar-refractivity contribution >= 4 is 16.7 Å². The molecule has 0 saturated carbocycles. The molecule has 0 aliphatic rings. The predicted molar refractivity (Wildman–Crippen MR) is 74.7 cm³/mol. The van der Waals surface area contributed by atoms with Crippen LogP contribution in [-0.4, -0.2) is 18.2 Å². The quantitative estimate of drug-likeness (QED) is 0.861. The fourth-order valence-electron chi connectivity index (χ4n) is 2.25. The third-order valence-electron chi connectivity index (χ3n) is 3.51. The van der Waals surface area contributed by atoms with Crippen LogP contribution in [0.4, 0.5) is 0 Å². The van der Waals surface area contributed by atoms with E-state index in [1.165, 1.54) is 7.11 Å². The number of esters is 1. The zero-order valence-electron chi connectivity index (χ0n) is 11.4. The average Bonchev–Trinajstić information content (AvgIpc) is 2.44. The van der Waals surface area contributed by atoms with Crippen molar-refractivity contribution in [3.8, 4) is 0 Å². The molecule has 2 aromatic carbocycles. The monoisotopic (exact) mass is 258 g/mol. The summed E-state index contributed by atoms with van der Waals surface area (Å²) < 4.78 is 4.77. The van der Waals surface area contributed by atoms with Gasteiger partial charge in [0, 0.05) is 0 Å². The zero-order chi connectivity index (χ0) is 14.0. The van der Waals surface area contributed by atoms with Crippen LogP contribution in [0.25, 0.3) is 10.8 Å². The average molecular weight is 258 g/mol. The molecule has 0 amide bonds. The van der Waals surface area contributed by atoms with Crippen LogP contribution in [0, 0.1) is 5.41 Å². The maximum absolute atomic E-state index is 11.8. The second kappa shape index (κ2) is 5.02. The van der Waals surface area contributed by atoms with Crippen LogP contribution in [0.15, 0.2) is 42.5 Å². The van der Waals surface area contributed by atoms with Crippen LogP contribution in [0.5, 0.6) is 0 Å². The highest BCUT2D eigenvalue weighted by atomic mass is 16.5. The van der Waals surface area contributed by atoms with Crippen molar-refractivity contribution < 1.29 is 14.6 Å². The molecular weight excluding hydrogens is 240 g/mol. The molecule has 0 aliphatic heterocycles. The fourth-order valence-corrected chi connectivity index (χ4v) is 2.25. The third-order valence-corrected chi connectivity index (χ3v) is 3.51. The van der Waals surface area contributed by atoms with E-state index in [9.17, 15) is 9.90 Å². The Labute approximate surface area is 112 Å². The van der Waals surface area contributed by atoms with Gasteiger partial charge in [0.1, 0.15) is 0 Å². The molecule has 1 atom stereocenters. The first-order valence-electron chi connectivity index (χ1n) is 6.22. The molecule has 0 fully saturated rings. The van der Waals surface area contributed by atoms with Crippen molar-refractivity contribution in [2.75, 3.05) is 7.11 Å². The second-order valence-corrected chi connectivity index (χ2v) is 5.18. The SMILES string of the molecule is COC(=O)C(C)(C)[C@H](O)c1cccc2ccccc12. The molecule has 0 heterocycles. The molecule has 2 aromatic rings. The molecule has 2 rings (SSSR count). The van der Waals surface area contributed by atoms with Gasteiger partial charge >= 0.3 is 5.97 Å². The number of ether oxygens (including phenoxy) is 1. The van der Waals surface area contributed by atoms with Crippen LogP contribution in [0.3, 0.4) is 0 Å². The summed E-state index contributed by atoms with van der Waals surface area (Å²) in [7, 11) is 1.33. The van der Waals surface area contributed by atoms with Gasteiger partial charge in [-0.2, -0.15) is 0 Å². The molecule has 0 bridgehead atoms. The Bertz CT molecular complexity index is 596. The van der Waals surface area contributed by atoms with E-state index in [0.29, 0.717) is 0 Å². The minimum absolute atomic E-state index is 0.423. The summed E-state index contributed by atoms with van der Waals surface area (Å²) in [5.74, 6) is -0.423. The van der Waals surface area contributed by atoms with Crippen LogP contribution in [-0.2, 0) is 9.53 Å². The molecule has 19 heavy (non-hydrogen) atoms. The van der Waals surface area contributed by atoms with Gasteiger partial charge in [0.2, 0.25) is 0 Å². The first-order valence-corrected chi connectivity index (χ1v) is 6.22. The highest BCUT2D eigenvalue weighted by Crippen LogP contribution is 2.37. The minimum atomic E-state index is -0.987. The van der Waals surface area contributed by atoms with E-state index in [1.807, 2.05) is 42.5 Å². The van der Waals surface area contributed by atoms with Crippen molar-refractivity contribution in [2.24, 2.45) is 5.41 Å². The van der Waals surface area contributed by atoms with Crippen LogP contribution < -0.4 is 0 Å². The Morgan fingerprint density at radius 3 is 2.47 bits per heavy atom. The van der Waals surface area contributed by atoms with Crippen molar-refractivity contribution in [1.82, 2.24) is 0 Å². The number of aliphatic hydroxyl groups excluding tert-OH is 1. The molecule has 0 radical (unpaired) electrons. The molecule has 1 N–H and O–H groups in total. The fraction of sp³-hybridized carbons (Fsp3) is 0.312. The van der Waals surface area contributed by atoms with Gasteiger partial charge in [0.25, 0.3) is 0 Å². The van der Waals surface area contributed by atoms with Crippen molar-refractivity contribution in [3.05, 3.63) is 48.0 Å². The van der Waals surface area contributed by atoms with Crippen molar-refractivity contribution in [2.45, 2.75) is 20.0 Å².